The molecule has 0 N–H and O–H groups in total. The molecule has 2 aliphatic carbocycles. The standard InChI is InChI=1S/C33H56O/c1-3-5-6-7-8-9-10-11-27-34-33-25-19-30(20-26-33)14-13-29-17-23-32(24-18-29)31-21-15-28(12-4-2)16-22-31/h19-20,25-26,28-29,31-32H,3-18,21-24,27H2,1-2H3/t28-,29-,31-,32-. The molecule has 34 heavy (non-hydrogen) atoms. The number of hydrogen-bond acceptors (Lipinski definition) is 1. The van der Waals surface area contributed by atoms with Crippen molar-refractivity contribution in [1.82, 2.24) is 0 Å². The third-order valence-corrected chi connectivity index (χ3v) is 9.18. The normalized spacial score (nSPS) is 25.4. The summed E-state index contributed by atoms with van der Waals surface area (Å²) in [6, 6.07) is 9.02. The Morgan fingerprint density at radius 2 is 1.12 bits per heavy atom. The first-order valence-electron chi connectivity index (χ1n) is 15.5. The van der Waals surface area contributed by atoms with Crippen molar-refractivity contribution in [1.29, 1.82) is 0 Å². The maximum absolute atomic E-state index is 5.99. The largest absolute Gasteiger partial charge is 0.494 e. The van der Waals surface area contributed by atoms with Crippen molar-refractivity contribution in [3.05, 3.63) is 29.8 Å². The molecule has 2 saturated carbocycles. The second-order valence-corrected chi connectivity index (χ2v) is 11.9. The fraction of sp³-hybridized carbons (Fsp3) is 0.818. The van der Waals surface area contributed by atoms with Crippen LogP contribution in [0.25, 0.3) is 0 Å². The highest BCUT2D eigenvalue weighted by Gasteiger charge is 2.30. The van der Waals surface area contributed by atoms with E-state index in [1.807, 2.05) is 0 Å². The molecular formula is C33H56O. The van der Waals surface area contributed by atoms with Crippen LogP contribution in [0.15, 0.2) is 24.3 Å². The molecule has 0 saturated heterocycles. The van der Waals surface area contributed by atoms with Crippen LogP contribution in [0, 0.1) is 23.7 Å². The molecule has 1 nitrogen and oxygen atoms in total. The number of ether oxygens (including phenoxy) is 1. The maximum atomic E-state index is 5.99. The lowest BCUT2D eigenvalue weighted by Gasteiger charge is -2.38. The van der Waals surface area contributed by atoms with E-state index in [9.17, 15) is 0 Å². The molecule has 0 bridgehead atoms. The van der Waals surface area contributed by atoms with Crippen molar-refractivity contribution in [2.75, 3.05) is 6.61 Å². The van der Waals surface area contributed by atoms with Gasteiger partial charge in [0.1, 0.15) is 5.75 Å². The molecule has 0 atom stereocenters. The summed E-state index contributed by atoms with van der Waals surface area (Å²) in [6.07, 6.45) is 28.5. The predicted molar refractivity (Wildman–Crippen MR) is 149 cm³/mol. The molecule has 0 radical (unpaired) electrons. The van der Waals surface area contributed by atoms with E-state index in [1.54, 1.807) is 0 Å². The van der Waals surface area contributed by atoms with E-state index in [0.717, 1.165) is 36.0 Å². The van der Waals surface area contributed by atoms with Crippen molar-refractivity contribution in [3.8, 4) is 5.75 Å². The molecule has 0 unspecified atom stereocenters. The van der Waals surface area contributed by atoms with Gasteiger partial charge in [0.15, 0.2) is 0 Å². The summed E-state index contributed by atoms with van der Waals surface area (Å²) < 4.78 is 5.99. The van der Waals surface area contributed by atoms with Crippen molar-refractivity contribution in [2.45, 2.75) is 142 Å². The number of hydrogen-bond donors (Lipinski definition) is 0. The van der Waals surface area contributed by atoms with Crippen LogP contribution in [0.5, 0.6) is 5.75 Å². The van der Waals surface area contributed by atoms with Gasteiger partial charge >= 0.3 is 0 Å². The quantitative estimate of drug-likeness (QED) is 0.219. The van der Waals surface area contributed by atoms with Crippen molar-refractivity contribution < 1.29 is 4.74 Å². The van der Waals surface area contributed by atoms with E-state index in [1.165, 1.54) is 134 Å². The number of benzene rings is 1. The molecule has 0 spiro atoms. The van der Waals surface area contributed by atoms with E-state index in [-0.39, 0.29) is 0 Å². The van der Waals surface area contributed by atoms with E-state index in [0.29, 0.717) is 0 Å². The van der Waals surface area contributed by atoms with Gasteiger partial charge in [0, 0.05) is 0 Å². The van der Waals surface area contributed by atoms with Gasteiger partial charge in [-0.05, 0) is 86.3 Å². The molecule has 0 heterocycles. The van der Waals surface area contributed by atoms with Gasteiger partial charge in [-0.2, -0.15) is 0 Å². The Bertz CT molecular complexity index is 604. The molecule has 1 aromatic rings. The second-order valence-electron chi connectivity index (χ2n) is 11.9. The van der Waals surface area contributed by atoms with E-state index in [2.05, 4.69) is 38.1 Å². The highest BCUT2D eigenvalue weighted by molar-refractivity contribution is 5.27. The highest BCUT2D eigenvalue weighted by atomic mass is 16.5. The first-order valence-corrected chi connectivity index (χ1v) is 15.5. The average Bonchev–Trinajstić information content (AvgIpc) is 2.88. The van der Waals surface area contributed by atoms with Gasteiger partial charge < -0.3 is 4.74 Å². The lowest BCUT2D eigenvalue weighted by molar-refractivity contribution is 0.141. The number of unbranched alkanes of at least 4 members (excludes halogenated alkanes) is 7. The summed E-state index contributed by atoms with van der Waals surface area (Å²) in [5, 5.41) is 0. The zero-order valence-corrected chi connectivity index (χ0v) is 22.9. The second kappa shape index (κ2) is 16.6. The molecule has 3 rings (SSSR count). The summed E-state index contributed by atoms with van der Waals surface area (Å²) >= 11 is 0. The van der Waals surface area contributed by atoms with Crippen LogP contribution in [0.2, 0.25) is 0 Å². The molecule has 0 aromatic heterocycles. The summed E-state index contributed by atoms with van der Waals surface area (Å²) in [4.78, 5) is 0. The fourth-order valence-corrected chi connectivity index (χ4v) is 6.85. The van der Waals surface area contributed by atoms with Crippen LogP contribution in [0.1, 0.15) is 141 Å². The number of aryl methyl sites for hydroxylation is 1. The Kier molecular flexibility index (Phi) is 13.5. The first-order chi connectivity index (χ1) is 16.8. The lowest BCUT2D eigenvalue weighted by atomic mass is 9.68. The summed E-state index contributed by atoms with van der Waals surface area (Å²) in [5.41, 5.74) is 1.50. The zero-order valence-electron chi connectivity index (χ0n) is 22.9. The van der Waals surface area contributed by atoms with Crippen molar-refractivity contribution in [3.63, 3.8) is 0 Å². The Morgan fingerprint density at radius 3 is 1.68 bits per heavy atom. The minimum absolute atomic E-state index is 0.873. The monoisotopic (exact) mass is 468 g/mol. The fourth-order valence-electron chi connectivity index (χ4n) is 6.85. The Labute approximate surface area is 212 Å². The van der Waals surface area contributed by atoms with Crippen LogP contribution in [-0.2, 0) is 6.42 Å². The third kappa shape index (κ3) is 10.3. The van der Waals surface area contributed by atoms with Crippen LogP contribution in [0.4, 0.5) is 0 Å². The molecule has 2 fully saturated rings. The van der Waals surface area contributed by atoms with Crippen molar-refractivity contribution >= 4 is 0 Å². The highest BCUT2D eigenvalue weighted by Crippen LogP contribution is 2.43. The predicted octanol–water partition coefficient (Wildman–Crippen LogP) is 10.6. The molecule has 1 heteroatoms. The topological polar surface area (TPSA) is 9.23 Å². The van der Waals surface area contributed by atoms with Gasteiger partial charge in [-0.15, -0.1) is 0 Å². The van der Waals surface area contributed by atoms with Crippen LogP contribution in [-0.4, -0.2) is 6.61 Å². The van der Waals surface area contributed by atoms with E-state index < -0.39 is 0 Å². The zero-order chi connectivity index (χ0) is 23.8. The minimum atomic E-state index is 0.873. The minimum Gasteiger partial charge on any atom is -0.494 e. The first kappa shape index (κ1) is 27.6. The molecule has 0 aliphatic heterocycles. The molecule has 1 aromatic carbocycles. The van der Waals surface area contributed by atoms with E-state index >= 15 is 0 Å². The van der Waals surface area contributed by atoms with Crippen LogP contribution >= 0.6 is 0 Å². The summed E-state index contributed by atoms with van der Waals surface area (Å²) in [6.45, 7) is 5.51. The Morgan fingerprint density at radius 1 is 0.588 bits per heavy atom. The maximum Gasteiger partial charge on any atom is 0.119 e. The van der Waals surface area contributed by atoms with Gasteiger partial charge in [0.2, 0.25) is 0 Å². The van der Waals surface area contributed by atoms with Crippen LogP contribution in [0.3, 0.4) is 0 Å². The van der Waals surface area contributed by atoms with E-state index in [4.69, 9.17) is 4.74 Å². The molecule has 194 valence electrons. The number of rotatable bonds is 16. The smallest absolute Gasteiger partial charge is 0.119 e. The van der Waals surface area contributed by atoms with Gasteiger partial charge in [0.05, 0.1) is 6.61 Å². The lowest BCUT2D eigenvalue weighted by Crippen LogP contribution is -2.26. The van der Waals surface area contributed by atoms with Crippen LogP contribution < -0.4 is 4.74 Å². The summed E-state index contributed by atoms with van der Waals surface area (Å²) in [5.74, 6) is 5.19. The molecular weight excluding hydrogens is 412 g/mol. The van der Waals surface area contributed by atoms with Gasteiger partial charge in [-0.25, -0.2) is 0 Å². The van der Waals surface area contributed by atoms with Gasteiger partial charge in [0.25, 0.3) is 0 Å². The molecule has 2 aliphatic rings. The van der Waals surface area contributed by atoms with Gasteiger partial charge in [-0.1, -0.05) is 109 Å². The van der Waals surface area contributed by atoms with Crippen molar-refractivity contribution in [2.24, 2.45) is 23.7 Å². The summed E-state index contributed by atoms with van der Waals surface area (Å²) in [7, 11) is 0. The SMILES string of the molecule is CCCCCCCCCCOc1ccc(CC[C@H]2CC[C@H]([C@H]3CC[C@H](CCC)CC3)CC2)cc1. The average molecular weight is 469 g/mol. The van der Waals surface area contributed by atoms with Gasteiger partial charge in [-0.3, -0.25) is 0 Å². The Hall–Kier alpha value is -0.980. The molecule has 0 amide bonds. The third-order valence-electron chi connectivity index (χ3n) is 9.18. The Balaban J connectivity index is 1.22.